The largest absolute Gasteiger partial charge is 0.449 e. The van der Waals surface area contributed by atoms with Gasteiger partial charge in [-0.2, -0.15) is 0 Å². The molecule has 9 heteroatoms. The summed E-state index contributed by atoms with van der Waals surface area (Å²) in [6.45, 7) is 4.65. The maximum atomic E-state index is 12.4. The fourth-order valence-corrected chi connectivity index (χ4v) is 3.18. The van der Waals surface area contributed by atoms with Crippen LogP contribution >= 0.6 is 23.2 Å². The predicted octanol–water partition coefficient (Wildman–Crippen LogP) is 4.63. The highest BCUT2D eigenvalue weighted by Crippen LogP contribution is 2.26. The van der Waals surface area contributed by atoms with Crippen LogP contribution < -0.4 is 5.32 Å². The van der Waals surface area contributed by atoms with Crippen LogP contribution in [0.1, 0.15) is 41.4 Å². The maximum Gasteiger partial charge on any atom is 0.346 e. The summed E-state index contributed by atoms with van der Waals surface area (Å²) in [6, 6.07) is 8.65. The highest BCUT2D eigenvalue weighted by atomic mass is 35.5. The number of aryl methyl sites for hydroxylation is 1. The molecule has 0 saturated heterocycles. The van der Waals surface area contributed by atoms with E-state index in [-0.39, 0.29) is 11.3 Å². The van der Waals surface area contributed by atoms with E-state index in [2.05, 4.69) is 5.32 Å². The molecule has 0 bridgehead atoms. The Balaban J connectivity index is 2.10. The van der Waals surface area contributed by atoms with Crippen LogP contribution in [-0.4, -0.2) is 22.9 Å². The Morgan fingerprint density at radius 3 is 2.46 bits per heavy atom. The standard InChI is InChI=1S/C19H18Cl2N2O5/c1-10-5-4-6-16(23(26)27)17(10)19(25)28-12(3)18(24)22-11(2)14-8-7-13(20)9-15(14)21/h4-9,11-12H,1-3H3,(H,22,24). The summed E-state index contributed by atoms with van der Waals surface area (Å²) in [4.78, 5) is 35.3. The lowest BCUT2D eigenvalue weighted by molar-refractivity contribution is -0.385. The minimum atomic E-state index is -1.17. The van der Waals surface area contributed by atoms with E-state index in [1.165, 1.54) is 19.1 Å². The molecule has 0 aliphatic carbocycles. The van der Waals surface area contributed by atoms with Gasteiger partial charge in [0.15, 0.2) is 6.10 Å². The van der Waals surface area contributed by atoms with Crippen LogP contribution in [0.2, 0.25) is 10.0 Å². The molecule has 2 aromatic rings. The number of carbonyl (C=O) groups is 2. The van der Waals surface area contributed by atoms with Crippen LogP contribution in [0.5, 0.6) is 0 Å². The minimum Gasteiger partial charge on any atom is -0.449 e. The zero-order valence-electron chi connectivity index (χ0n) is 15.4. The number of carbonyl (C=O) groups excluding carboxylic acids is 2. The van der Waals surface area contributed by atoms with Gasteiger partial charge in [-0.15, -0.1) is 0 Å². The van der Waals surface area contributed by atoms with E-state index in [4.69, 9.17) is 27.9 Å². The van der Waals surface area contributed by atoms with Crippen LogP contribution in [0.15, 0.2) is 36.4 Å². The Kier molecular flexibility index (Phi) is 6.99. The van der Waals surface area contributed by atoms with E-state index in [1.807, 2.05) is 0 Å². The average Bonchev–Trinajstić information content (AvgIpc) is 2.60. The van der Waals surface area contributed by atoms with Gasteiger partial charge in [-0.3, -0.25) is 14.9 Å². The Bertz CT molecular complexity index is 933. The zero-order chi connectivity index (χ0) is 21.0. The highest BCUT2D eigenvalue weighted by molar-refractivity contribution is 6.35. The number of halogens is 2. The molecule has 7 nitrogen and oxygen atoms in total. The van der Waals surface area contributed by atoms with Crippen LogP contribution in [0, 0.1) is 17.0 Å². The molecule has 2 atom stereocenters. The van der Waals surface area contributed by atoms with E-state index < -0.39 is 28.9 Å². The minimum absolute atomic E-state index is 0.180. The summed E-state index contributed by atoms with van der Waals surface area (Å²) in [5.41, 5.74) is 0.473. The molecule has 2 rings (SSSR count). The van der Waals surface area contributed by atoms with Gasteiger partial charge < -0.3 is 10.1 Å². The normalized spacial score (nSPS) is 12.8. The molecule has 1 N–H and O–H groups in total. The first kappa shape index (κ1) is 21.7. The molecule has 0 spiro atoms. The number of benzene rings is 2. The predicted molar refractivity (Wildman–Crippen MR) is 106 cm³/mol. The molecule has 0 heterocycles. The molecule has 2 unspecified atom stereocenters. The van der Waals surface area contributed by atoms with Crippen molar-refractivity contribution in [3.8, 4) is 0 Å². The lowest BCUT2D eigenvalue weighted by atomic mass is 10.1. The Morgan fingerprint density at radius 1 is 1.18 bits per heavy atom. The lowest BCUT2D eigenvalue weighted by Gasteiger charge is -2.19. The second kappa shape index (κ2) is 9.03. The van der Waals surface area contributed by atoms with E-state index in [0.29, 0.717) is 21.2 Å². The van der Waals surface area contributed by atoms with Crippen LogP contribution in [0.25, 0.3) is 0 Å². The molecule has 0 radical (unpaired) electrons. The molecule has 0 aliphatic rings. The number of rotatable bonds is 6. The van der Waals surface area contributed by atoms with Crippen molar-refractivity contribution in [1.82, 2.24) is 5.32 Å². The van der Waals surface area contributed by atoms with Gasteiger partial charge in [0.25, 0.3) is 11.6 Å². The van der Waals surface area contributed by atoms with Crippen LogP contribution in [-0.2, 0) is 9.53 Å². The quantitative estimate of drug-likeness (QED) is 0.413. The second-order valence-electron chi connectivity index (χ2n) is 6.17. The Morgan fingerprint density at radius 2 is 1.86 bits per heavy atom. The van der Waals surface area contributed by atoms with Gasteiger partial charge in [-0.25, -0.2) is 4.79 Å². The van der Waals surface area contributed by atoms with Gasteiger partial charge >= 0.3 is 5.97 Å². The van der Waals surface area contributed by atoms with Gasteiger partial charge in [0.05, 0.1) is 11.0 Å². The third-order valence-electron chi connectivity index (χ3n) is 4.09. The van der Waals surface area contributed by atoms with Crippen molar-refractivity contribution in [2.75, 3.05) is 0 Å². The number of hydrogen-bond acceptors (Lipinski definition) is 5. The highest BCUT2D eigenvalue weighted by Gasteiger charge is 2.27. The first-order chi connectivity index (χ1) is 13.1. The van der Waals surface area contributed by atoms with Gasteiger partial charge in [0.1, 0.15) is 5.56 Å². The lowest BCUT2D eigenvalue weighted by Crippen LogP contribution is -2.37. The topological polar surface area (TPSA) is 98.5 Å². The van der Waals surface area contributed by atoms with E-state index >= 15 is 0 Å². The summed E-state index contributed by atoms with van der Waals surface area (Å²) < 4.78 is 5.15. The third-order valence-corrected chi connectivity index (χ3v) is 4.65. The molecule has 0 aliphatic heterocycles. The number of ether oxygens (including phenoxy) is 1. The summed E-state index contributed by atoms with van der Waals surface area (Å²) >= 11 is 12.0. The van der Waals surface area contributed by atoms with E-state index in [1.54, 1.807) is 38.1 Å². The van der Waals surface area contributed by atoms with Crippen molar-refractivity contribution in [2.24, 2.45) is 0 Å². The van der Waals surface area contributed by atoms with Crippen molar-refractivity contribution in [2.45, 2.75) is 32.9 Å². The van der Waals surface area contributed by atoms with Crippen molar-refractivity contribution >= 4 is 40.8 Å². The molecular weight excluding hydrogens is 407 g/mol. The summed E-state index contributed by atoms with van der Waals surface area (Å²) in [6.07, 6.45) is -1.17. The number of nitro benzene ring substituents is 1. The molecular formula is C19H18Cl2N2O5. The number of hydrogen-bond donors (Lipinski definition) is 1. The summed E-state index contributed by atoms with van der Waals surface area (Å²) in [7, 11) is 0. The first-order valence-electron chi connectivity index (χ1n) is 8.32. The van der Waals surface area contributed by atoms with Crippen LogP contribution in [0.4, 0.5) is 5.69 Å². The van der Waals surface area contributed by atoms with Crippen molar-refractivity contribution < 1.29 is 19.2 Å². The van der Waals surface area contributed by atoms with Gasteiger partial charge in [-0.1, -0.05) is 41.4 Å². The van der Waals surface area contributed by atoms with Gasteiger partial charge in [0, 0.05) is 16.1 Å². The maximum absolute atomic E-state index is 12.4. The van der Waals surface area contributed by atoms with Gasteiger partial charge in [0.2, 0.25) is 0 Å². The number of esters is 1. The third kappa shape index (κ3) is 4.99. The number of nitro groups is 1. The van der Waals surface area contributed by atoms with Crippen molar-refractivity contribution in [3.63, 3.8) is 0 Å². The van der Waals surface area contributed by atoms with E-state index in [9.17, 15) is 19.7 Å². The monoisotopic (exact) mass is 424 g/mol. The molecule has 28 heavy (non-hydrogen) atoms. The van der Waals surface area contributed by atoms with Crippen LogP contribution in [0.3, 0.4) is 0 Å². The average molecular weight is 425 g/mol. The molecule has 0 aromatic heterocycles. The number of amides is 1. The van der Waals surface area contributed by atoms with Crippen molar-refractivity contribution in [1.29, 1.82) is 0 Å². The number of nitrogens with one attached hydrogen (secondary N) is 1. The Hall–Kier alpha value is -2.64. The van der Waals surface area contributed by atoms with Gasteiger partial charge in [-0.05, 0) is 44.0 Å². The summed E-state index contributed by atoms with van der Waals surface area (Å²) in [5.74, 6) is -1.51. The molecule has 148 valence electrons. The first-order valence-corrected chi connectivity index (χ1v) is 9.07. The molecule has 0 fully saturated rings. The smallest absolute Gasteiger partial charge is 0.346 e. The fourth-order valence-electron chi connectivity index (χ4n) is 2.60. The molecule has 1 amide bonds. The second-order valence-corrected chi connectivity index (χ2v) is 7.01. The van der Waals surface area contributed by atoms with E-state index in [0.717, 1.165) is 0 Å². The summed E-state index contributed by atoms with van der Waals surface area (Å²) in [5, 5.41) is 14.7. The Labute approximate surface area is 171 Å². The molecule has 2 aromatic carbocycles. The molecule has 0 saturated carbocycles. The fraction of sp³-hybridized carbons (Fsp3) is 0.263. The SMILES string of the molecule is Cc1cccc([N+](=O)[O-])c1C(=O)OC(C)C(=O)NC(C)c1ccc(Cl)cc1Cl. The zero-order valence-corrected chi connectivity index (χ0v) is 16.9. The van der Waals surface area contributed by atoms with Crippen molar-refractivity contribution in [3.05, 3.63) is 73.2 Å². The number of nitrogens with zero attached hydrogens (tertiary/aromatic N) is 1.